The molecule has 0 N–H and O–H groups in total. The molecule has 6 rings (SSSR count). The molecule has 196 valence electrons. The summed E-state index contributed by atoms with van der Waals surface area (Å²) in [7, 11) is -1.82. The third kappa shape index (κ3) is 4.75. The Morgan fingerprint density at radius 3 is 2.39 bits per heavy atom. The Hall–Kier alpha value is -3.47. The van der Waals surface area contributed by atoms with Gasteiger partial charge in [0.25, 0.3) is 0 Å². The number of rotatable bonds is 7. The lowest BCUT2D eigenvalue weighted by molar-refractivity contribution is 0.346. The Morgan fingerprint density at radius 1 is 0.974 bits per heavy atom. The van der Waals surface area contributed by atoms with Crippen LogP contribution >= 0.6 is 11.3 Å². The number of aromatic nitrogens is 1. The maximum absolute atomic E-state index is 13.0. The number of anilines is 1. The first-order valence-corrected chi connectivity index (χ1v) is 15.0. The van der Waals surface area contributed by atoms with Gasteiger partial charge in [0.15, 0.2) is 0 Å². The van der Waals surface area contributed by atoms with Crippen molar-refractivity contribution in [2.24, 2.45) is 5.10 Å². The van der Waals surface area contributed by atoms with E-state index in [1.165, 1.54) is 11.3 Å². The van der Waals surface area contributed by atoms with E-state index in [0.717, 1.165) is 58.4 Å². The molecular weight excluding hydrogens is 520 g/mol. The number of nitrogens with zero attached hydrogens (tertiary/aromatic N) is 4. The van der Waals surface area contributed by atoms with Gasteiger partial charge in [0.2, 0.25) is 15.2 Å². The van der Waals surface area contributed by atoms with Crippen molar-refractivity contribution in [3.8, 4) is 17.0 Å². The molecule has 0 amide bonds. The minimum Gasteiger partial charge on any atom is -0.497 e. The molecule has 4 heterocycles. The average molecular weight is 549 g/mol. The van der Waals surface area contributed by atoms with Crippen molar-refractivity contribution in [3.05, 3.63) is 83.6 Å². The van der Waals surface area contributed by atoms with E-state index in [1.807, 2.05) is 58.9 Å². The van der Waals surface area contributed by atoms with Crippen LogP contribution in [0.3, 0.4) is 0 Å². The number of benzene rings is 2. The van der Waals surface area contributed by atoms with Gasteiger partial charge in [-0.2, -0.15) is 9.41 Å². The highest BCUT2D eigenvalue weighted by Crippen LogP contribution is 2.39. The molecular formula is C28H28N4O4S2. The fraction of sp³-hybridized carbons (Fsp3) is 0.286. The van der Waals surface area contributed by atoms with Crippen molar-refractivity contribution < 1.29 is 17.6 Å². The highest BCUT2D eigenvalue weighted by Gasteiger charge is 2.33. The first kappa shape index (κ1) is 24.8. The second-order valence-electron chi connectivity index (χ2n) is 9.36. The van der Waals surface area contributed by atoms with Gasteiger partial charge in [-0.25, -0.2) is 18.4 Å². The summed E-state index contributed by atoms with van der Waals surface area (Å²) in [5.74, 6) is 1.62. The lowest BCUT2D eigenvalue weighted by atomic mass is 10.0. The maximum atomic E-state index is 13.0. The van der Waals surface area contributed by atoms with Crippen LogP contribution in [-0.4, -0.2) is 43.6 Å². The van der Waals surface area contributed by atoms with Crippen LogP contribution in [0.25, 0.3) is 11.3 Å². The molecule has 4 aromatic rings. The van der Waals surface area contributed by atoms with Crippen molar-refractivity contribution in [1.82, 2.24) is 9.29 Å². The molecule has 0 radical (unpaired) electrons. The topological polar surface area (TPSA) is 88.2 Å². The van der Waals surface area contributed by atoms with Crippen molar-refractivity contribution in [2.45, 2.75) is 36.6 Å². The van der Waals surface area contributed by atoms with E-state index in [0.29, 0.717) is 24.4 Å². The Labute approximate surface area is 226 Å². The van der Waals surface area contributed by atoms with Crippen LogP contribution in [0.15, 0.2) is 86.7 Å². The van der Waals surface area contributed by atoms with Crippen LogP contribution in [0, 0.1) is 0 Å². The van der Waals surface area contributed by atoms with Crippen LogP contribution in [0.5, 0.6) is 5.75 Å². The molecule has 0 bridgehead atoms. The molecule has 0 saturated carbocycles. The van der Waals surface area contributed by atoms with Gasteiger partial charge in [-0.1, -0.05) is 18.6 Å². The SMILES string of the molecule is COc1ccc(C2=NN(c3nc(-c4ccc(S(=O)(=O)N5CCCCC5)cc4)cs3)[C@H](c3ccco3)C2)cc1. The zero-order valence-corrected chi connectivity index (χ0v) is 22.6. The standard InChI is InChI=1S/C28H28N4O4S2/c1-35-22-11-7-20(8-12-22)24-18-26(27-6-5-17-36-27)32(30-24)28-29-25(19-37-28)21-9-13-23(14-10-21)38(33,34)31-15-3-2-4-16-31/h5-14,17,19,26H,2-4,15-16,18H2,1H3/t26-/m0/s1. The van der Waals surface area contributed by atoms with Gasteiger partial charge in [-0.3, -0.25) is 0 Å². The van der Waals surface area contributed by atoms with E-state index in [2.05, 4.69) is 0 Å². The summed E-state index contributed by atoms with van der Waals surface area (Å²) in [6, 6.07) is 18.6. The zero-order valence-electron chi connectivity index (χ0n) is 21.0. The van der Waals surface area contributed by atoms with Crippen molar-refractivity contribution in [2.75, 3.05) is 25.2 Å². The molecule has 2 aromatic heterocycles. The van der Waals surface area contributed by atoms with Gasteiger partial charge in [0.1, 0.15) is 17.6 Å². The van der Waals surface area contributed by atoms with Crippen LogP contribution in [-0.2, 0) is 10.0 Å². The van der Waals surface area contributed by atoms with Crippen LogP contribution < -0.4 is 9.75 Å². The predicted molar refractivity (Wildman–Crippen MR) is 148 cm³/mol. The molecule has 2 aliphatic rings. The van der Waals surface area contributed by atoms with Gasteiger partial charge < -0.3 is 9.15 Å². The largest absolute Gasteiger partial charge is 0.497 e. The smallest absolute Gasteiger partial charge is 0.243 e. The lowest BCUT2D eigenvalue weighted by Gasteiger charge is -2.25. The summed E-state index contributed by atoms with van der Waals surface area (Å²) >= 11 is 1.50. The fourth-order valence-electron chi connectivity index (χ4n) is 4.90. The van der Waals surface area contributed by atoms with Gasteiger partial charge in [0, 0.05) is 30.5 Å². The number of piperidine rings is 1. The number of furan rings is 1. The van der Waals surface area contributed by atoms with E-state index in [4.69, 9.17) is 19.2 Å². The highest BCUT2D eigenvalue weighted by atomic mass is 32.2. The number of ether oxygens (including phenoxy) is 1. The number of sulfonamides is 1. The van der Waals surface area contributed by atoms with Crippen LogP contribution in [0.2, 0.25) is 0 Å². The van der Waals surface area contributed by atoms with Crippen LogP contribution in [0.1, 0.15) is 43.0 Å². The third-order valence-corrected chi connectivity index (χ3v) is 9.74. The summed E-state index contributed by atoms with van der Waals surface area (Å²) in [5.41, 5.74) is 3.60. The zero-order chi connectivity index (χ0) is 26.1. The van der Waals surface area contributed by atoms with Crippen molar-refractivity contribution >= 4 is 32.2 Å². The van der Waals surface area contributed by atoms with Gasteiger partial charge >= 0.3 is 0 Å². The minimum absolute atomic E-state index is 0.113. The molecule has 8 nitrogen and oxygen atoms in total. The predicted octanol–water partition coefficient (Wildman–Crippen LogP) is 5.94. The molecule has 0 unspecified atom stereocenters. The summed E-state index contributed by atoms with van der Waals surface area (Å²) in [6.45, 7) is 1.18. The Balaban J connectivity index is 1.27. The summed E-state index contributed by atoms with van der Waals surface area (Å²) in [5, 5.41) is 9.58. The number of hydrogen-bond acceptors (Lipinski definition) is 8. The lowest BCUT2D eigenvalue weighted by Crippen LogP contribution is -2.35. The molecule has 1 fully saturated rings. The molecule has 1 atom stereocenters. The molecule has 2 aromatic carbocycles. The highest BCUT2D eigenvalue weighted by molar-refractivity contribution is 7.89. The Bertz CT molecular complexity index is 1520. The normalized spacial score (nSPS) is 18.5. The maximum Gasteiger partial charge on any atom is 0.243 e. The monoisotopic (exact) mass is 548 g/mol. The Morgan fingerprint density at radius 2 is 1.71 bits per heavy atom. The molecule has 2 aliphatic heterocycles. The third-order valence-electron chi connectivity index (χ3n) is 7.00. The van der Waals surface area contributed by atoms with E-state index in [-0.39, 0.29) is 6.04 Å². The number of thiazole rings is 1. The first-order valence-electron chi connectivity index (χ1n) is 12.6. The fourth-order valence-corrected chi connectivity index (χ4v) is 7.25. The van der Waals surface area contributed by atoms with Gasteiger partial charge in [-0.05, 0) is 66.9 Å². The minimum atomic E-state index is -3.47. The molecule has 0 spiro atoms. The van der Waals surface area contributed by atoms with E-state index in [9.17, 15) is 8.42 Å². The average Bonchev–Trinajstić information content (AvgIpc) is 3.74. The molecule has 0 aliphatic carbocycles. The summed E-state index contributed by atoms with van der Waals surface area (Å²) in [4.78, 5) is 5.20. The molecule has 38 heavy (non-hydrogen) atoms. The summed E-state index contributed by atoms with van der Waals surface area (Å²) in [6.07, 6.45) is 5.26. The van der Waals surface area contributed by atoms with E-state index in [1.54, 1.807) is 29.8 Å². The summed E-state index contributed by atoms with van der Waals surface area (Å²) < 4.78 is 38.7. The number of methoxy groups -OCH3 is 1. The Kier molecular flexibility index (Phi) is 6.77. The second kappa shape index (κ2) is 10.4. The van der Waals surface area contributed by atoms with Crippen molar-refractivity contribution in [1.29, 1.82) is 0 Å². The van der Waals surface area contributed by atoms with Crippen molar-refractivity contribution in [3.63, 3.8) is 0 Å². The van der Waals surface area contributed by atoms with Crippen LogP contribution in [0.4, 0.5) is 5.13 Å². The second-order valence-corrected chi connectivity index (χ2v) is 12.1. The first-order chi connectivity index (χ1) is 18.5. The van der Waals surface area contributed by atoms with E-state index < -0.39 is 10.0 Å². The molecule has 1 saturated heterocycles. The molecule has 10 heteroatoms. The van der Waals surface area contributed by atoms with E-state index >= 15 is 0 Å². The van der Waals surface area contributed by atoms with Gasteiger partial charge in [0.05, 0.1) is 29.7 Å². The quantitative estimate of drug-likeness (QED) is 0.284. The van der Waals surface area contributed by atoms with Gasteiger partial charge in [-0.15, -0.1) is 11.3 Å². The number of hydrogen-bond donors (Lipinski definition) is 0. The number of hydrazone groups is 1.